The third-order valence-electron chi connectivity index (χ3n) is 3.40. The predicted molar refractivity (Wildman–Crippen MR) is 90.6 cm³/mol. The molecule has 0 saturated carbocycles. The maximum absolute atomic E-state index is 12.5. The molecule has 3 rings (SSSR count). The van der Waals surface area contributed by atoms with E-state index in [1.54, 1.807) is 12.3 Å². The summed E-state index contributed by atoms with van der Waals surface area (Å²) < 4.78 is 37.6. The van der Waals surface area contributed by atoms with Crippen LogP contribution in [0.2, 0.25) is 0 Å². The lowest BCUT2D eigenvalue weighted by molar-refractivity contribution is -0.140. The summed E-state index contributed by atoms with van der Waals surface area (Å²) in [4.78, 5) is 12.3. The van der Waals surface area contributed by atoms with Gasteiger partial charge in [-0.2, -0.15) is 13.2 Å². The molecule has 2 heterocycles. The van der Waals surface area contributed by atoms with E-state index in [2.05, 4.69) is 20.3 Å². The fourth-order valence-corrected chi connectivity index (χ4v) is 3.02. The van der Waals surface area contributed by atoms with Crippen LogP contribution in [0.3, 0.4) is 0 Å². The molecule has 0 amide bonds. The highest BCUT2D eigenvalue weighted by Gasteiger charge is 2.33. The Balaban J connectivity index is 1.55. The van der Waals surface area contributed by atoms with Crippen LogP contribution in [0.15, 0.2) is 48.0 Å². The fourth-order valence-electron chi connectivity index (χ4n) is 2.21. The van der Waals surface area contributed by atoms with Crippen molar-refractivity contribution in [3.8, 4) is 0 Å². The summed E-state index contributed by atoms with van der Waals surface area (Å²) in [6.07, 6.45) is -1.70. The highest BCUT2D eigenvalue weighted by Crippen LogP contribution is 2.30. The number of benzene rings is 1. The van der Waals surface area contributed by atoms with Gasteiger partial charge in [-0.25, -0.2) is 15.0 Å². The maximum Gasteiger partial charge on any atom is 0.434 e. The van der Waals surface area contributed by atoms with Crippen molar-refractivity contribution in [1.82, 2.24) is 15.0 Å². The van der Waals surface area contributed by atoms with Gasteiger partial charge in [0.15, 0.2) is 5.69 Å². The summed E-state index contributed by atoms with van der Waals surface area (Å²) in [5.41, 5.74) is 0.279. The lowest BCUT2D eigenvalue weighted by Gasteiger charge is -2.06. The molecule has 0 atom stereocenters. The van der Waals surface area contributed by atoms with Crippen LogP contribution in [0.25, 0.3) is 0 Å². The minimum Gasteiger partial charge on any atom is -0.370 e. The van der Waals surface area contributed by atoms with Crippen LogP contribution in [-0.2, 0) is 19.0 Å². The third-order valence-corrected chi connectivity index (χ3v) is 4.31. The van der Waals surface area contributed by atoms with Crippen molar-refractivity contribution in [2.75, 3.05) is 11.9 Å². The summed E-state index contributed by atoms with van der Waals surface area (Å²) in [5.74, 6) is 1.33. The summed E-state index contributed by atoms with van der Waals surface area (Å²) in [5, 5.41) is 4.58. The van der Waals surface area contributed by atoms with E-state index >= 15 is 0 Å². The molecule has 0 spiro atoms. The van der Waals surface area contributed by atoms with Crippen molar-refractivity contribution < 1.29 is 13.2 Å². The number of rotatable bonds is 6. The Morgan fingerprint density at radius 1 is 1.04 bits per heavy atom. The molecule has 0 aliphatic rings. The first-order valence-electron chi connectivity index (χ1n) is 7.62. The number of nitrogens with zero attached hydrogens (tertiary/aromatic N) is 3. The average Bonchev–Trinajstić information content (AvgIpc) is 3.05. The molecule has 1 N–H and O–H groups in total. The first-order chi connectivity index (χ1) is 12.0. The normalized spacial score (nSPS) is 11.5. The monoisotopic (exact) mass is 364 g/mol. The van der Waals surface area contributed by atoms with Gasteiger partial charge in [-0.3, -0.25) is 0 Å². The van der Waals surface area contributed by atoms with E-state index in [9.17, 15) is 13.2 Å². The van der Waals surface area contributed by atoms with E-state index in [4.69, 9.17) is 0 Å². The number of aromatic nitrogens is 3. The largest absolute Gasteiger partial charge is 0.434 e. The molecule has 2 aromatic heterocycles. The first-order valence-corrected chi connectivity index (χ1v) is 8.50. The lowest BCUT2D eigenvalue weighted by atomic mass is 10.1. The van der Waals surface area contributed by atoms with Gasteiger partial charge < -0.3 is 5.32 Å². The standard InChI is InChI=1S/C17H15F3N4S/c18-17(19,20)13-11-25-16(23-13)7-9-21-14-6-8-22-15(24-14)10-12-4-2-1-3-5-12/h1-6,8,11H,7,9-10H2,(H,21,22,24). The van der Waals surface area contributed by atoms with Crippen LogP contribution in [0.5, 0.6) is 0 Å². The zero-order chi connectivity index (χ0) is 17.7. The van der Waals surface area contributed by atoms with Crippen LogP contribution >= 0.6 is 11.3 Å². The number of alkyl halides is 3. The van der Waals surface area contributed by atoms with Gasteiger partial charge in [0.1, 0.15) is 11.6 Å². The molecule has 4 nitrogen and oxygen atoms in total. The minimum absolute atomic E-state index is 0.402. The van der Waals surface area contributed by atoms with Crippen LogP contribution < -0.4 is 5.32 Å². The molecular formula is C17H15F3N4S. The highest BCUT2D eigenvalue weighted by molar-refractivity contribution is 7.09. The smallest absolute Gasteiger partial charge is 0.370 e. The van der Waals surface area contributed by atoms with Crippen molar-refractivity contribution in [1.29, 1.82) is 0 Å². The van der Waals surface area contributed by atoms with Gasteiger partial charge in [0.05, 0.1) is 5.01 Å². The van der Waals surface area contributed by atoms with Gasteiger partial charge in [-0.05, 0) is 11.6 Å². The molecule has 0 aliphatic carbocycles. The summed E-state index contributed by atoms with van der Waals surface area (Å²) in [6, 6.07) is 11.6. The Kier molecular flexibility index (Phi) is 5.28. The molecule has 1 aromatic carbocycles. The van der Waals surface area contributed by atoms with E-state index in [0.717, 1.165) is 22.3 Å². The van der Waals surface area contributed by atoms with Gasteiger partial charge in [0, 0.05) is 31.0 Å². The molecule has 25 heavy (non-hydrogen) atoms. The van der Waals surface area contributed by atoms with Crippen molar-refractivity contribution in [2.24, 2.45) is 0 Å². The topological polar surface area (TPSA) is 50.7 Å². The predicted octanol–water partition coefficient (Wildman–Crippen LogP) is 4.20. The number of hydrogen-bond acceptors (Lipinski definition) is 5. The first kappa shape index (κ1) is 17.3. The quantitative estimate of drug-likeness (QED) is 0.712. The molecule has 0 unspecified atom stereocenters. The van der Waals surface area contributed by atoms with E-state index in [1.165, 1.54) is 0 Å². The van der Waals surface area contributed by atoms with Crippen LogP contribution in [0, 0.1) is 0 Å². The van der Waals surface area contributed by atoms with Gasteiger partial charge >= 0.3 is 6.18 Å². The van der Waals surface area contributed by atoms with Crippen molar-refractivity contribution in [3.05, 3.63) is 70.1 Å². The van der Waals surface area contributed by atoms with Crippen LogP contribution in [-0.4, -0.2) is 21.5 Å². The number of anilines is 1. The maximum atomic E-state index is 12.5. The van der Waals surface area contributed by atoms with Crippen LogP contribution in [0.1, 0.15) is 22.1 Å². The van der Waals surface area contributed by atoms with Crippen molar-refractivity contribution >= 4 is 17.2 Å². The van der Waals surface area contributed by atoms with E-state index in [-0.39, 0.29) is 0 Å². The van der Waals surface area contributed by atoms with E-state index in [0.29, 0.717) is 36.0 Å². The molecule has 0 aliphatic heterocycles. The number of thiazole rings is 1. The van der Waals surface area contributed by atoms with Crippen molar-refractivity contribution in [2.45, 2.75) is 19.0 Å². The average molecular weight is 364 g/mol. The second-order valence-electron chi connectivity index (χ2n) is 5.32. The number of hydrogen-bond donors (Lipinski definition) is 1. The van der Waals surface area contributed by atoms with Gasteiger partial charge in [-0.15, -0.1) is 11.3 Å². The Bertz CT molecular complexity index is 818. The summed E-state index contributed by atoms with van der Waals surface area (Å²) >= 11 is 1.01. The van der Waals surface area contributed by atoms with Crippen LogP contribution in [0.4, 0.5) is 19.0 Å². The Morgan fingerprint density at radius 3 is 2.56 bits per heavy atom. The van der Waals surface area contributed by atoms with Gasteiger partial charge in [0.2, 0.25) is 0 Å². The molecule has 0 fully saturated rings. The highest BCUT2D eigenvalue weighted by atomic mass is 32.1. The molecule has 0 radical (unpaired) electrons. The molecule has 0 saturated heterocycles. The Morgan fingerprint density at radius 2 is 1.84 bits per heavy atom. The Hall–Kier alpha value is -2.48. The fraction of sp³-hybridized carbons (Fsp3) is 0.235. The third kappa shape index (κ3) is 4.99. The minimum atomic E-state index is -4.39. The molecule has 0 bridgehead atoms. The van der Waals surface area contributed by atoms with Crippen molar-refractivity contribution in [3.63, 3.8) is 0 Å². The lowest BCUT2D eigenvalue weighted by Crippen LogP contribution is -2.09. The summed E-state index contributed by atoms with van der Waals surface area (Å²) in [6.45, 7) is 0.451. The Labute approximate surface area is 146 Å². The molecule has 130 valence electrons. The zero-order valence-corrected chi connectivity index (χ0v) is 13.9. The number of halogens is 3. The number of nitrogens with one attached hydrogen (secondary N) is 1. The SMILES string of the molecule is FC(F)(F)c1csc(CCNc2ccnc(Cc3ccccc3)n2)n1. The zero-order valence-electron chi connectivity index (χ0n) is 13.1. The molecule has 8 heteroatoms. The van der Waals surface area contributed by atoms with Gasteiger partial charge in [0.25, 0.3) is 0 Å². The summed E-state index contributed by atoms with van der Waals surface area (Å²) in [7, 11) is 0. The second kappa shape index (κ2) is 7.60. The second-order valence-corrected chi connectivity index (χ2v) is 6.26. The van der Waals surface area contributed by atoms with Gasteiger partial charge in [-0.1, -0.05) is 30.3 Å². The molecule has 3 aromatic rings. The van der Waals surface area contributed by atoms with E-state index in [1.807, 2.05) is 30.3 Å². The molecular weight excluding hydrogens is 349 g/mol. The van der Waals surface area contributed by atoms with E-state index < -0.39 is 11.9 Å².